The van der Waals surface area contributed by atoms with Crippen LogP contribution >= 0.6 is 23.2 Å². The SMILES string of the molecule is Cn1c(=O)c(C#N)c(N2CCC(Nc3ccc(Cl)cc3)CC2)c2nc(Cl)ccc21. The lowest BCUT2D eigenvalue weighted by Gasteiger charge is -2.35. The topological polar surface area (TPSA) is 74.0 Å². The second-order valence-corrected chi connectivity index (χ2v) is 7.94. The fourth-order valence-electron chi connectivity index (χ4n) is 3.81. The van der Waals surface area contributed by atoms with Gasteiger partial charge in [-0.25, -0.2) is 4.98 Å². The van der Waals surface area contributed by atoms with E-state index in [1.54, 1.807) is 19.2 Å². The Bertz CT molecular complexity index is 1160. The number of piperidine rings is 1. The number of hydrogen-bond donors (Lipinski definition) is 1. The number of anilines is 2. The normalized spacial score (nSPS) is 14.8. The van der Waals surface area contributed by atoms with Gasteiger partial charge in [0, 0.05) is 36.9 Å². The van der Waals surface area contributed by atoms with Gasteiger partial charge in [-0.2, -0.15) is 5.26 Å². The van der Waals surface area contributed by atoms with Gasteiger partial charge < -0.3 is 14.8 Å². The van der Waals surface area contributed by atoms with Gasteiger partial charge in [-0.3, -0.25) is 4.79 Å². The van der Waals surface area contributed by atoms with Gasteiger partial charge in [0.2, 0.25) is 0 Å². The van der Waals surface area contributed by atoms with Gasteiger partial charge in [0.05, 0.1) is 11.2 Å². The largest absolute Gasteiger partial charge is 0.382 e. The molecular weight excluding hydrogens is 409 g/mol. The summed E-state index contributed by atoms with van der Waals surface area (Å²) in [6.07, 6.45) is 1.73. The highest BCUT2D eigenvalue weighted by atomic mass is 35.5. The summed E-state index contributed by atoms with van der Waals surface area (Å²) in [6.45, 7) is 1.41. The minimum absolute atomic E-state index is 0.110. The van der Waals surface area contributed by atoms with E-state index in [0.717, 1.165) is 18.5 Å². The maximum Gasteiger partial charge on any atom is 0.270 e. The molecule has 0 aliphatic carbocycles. The first-order valence-electron chi connectivity index (χ1n) is 9.34. The van der Waals surface area contributed by atoms with E-state index in [1.165, 1.54) is 4.57 Å². The van der Waals surface area contributed by atoms with E-state index in [2.05, 4.69) is 21.3 Å². The monoisotopic (exact) mass is 427 g/mol. The van der Waals surface area contributed by atoms with Crippen molar-refractivity contribution in [2.75, 3.05) is 23.3 Å². The highest BCUT2D eigenvalue weighted by molar-refractivity contribution is 6.30. The number of nitrogens with zero attached hydrogens (tertiary/aromatic N) is 4. The van der Waals surface area contributed by atoms with Crippen molar-refractivity contribution in [1.29, 1.82) is 5.26 Å². The summed E-state index contributed by atoms with van der Waals surface area (Å²) in [7, 11) is 1.65. The summed E-state index contributed by atoms with van der Waals surface area (Å²) in [5.74, 6) is 0. The van der Waals surface area contributed by atoms with Gasteiger partial charge in [-0.1, -0.05) is 23.2 Å². The smallest absolute Gasteiger partial charge is 0.270 e. The highest BCUT2D eigenvalue weighted by Crippen LogP contribution is 2.31. The van der Waals surface area contributed by atoms with Crippen molar-refractivity contribution in [3.05, 3.63) is 62.5 Å². The van der Waals surface area contributed by atoms with Crippen molar-refractivity contribution in [2.24, 2.45) is 7.05 Å². The van der Waals surface area contributed by atoms with Crippen LogP contribution in [0.1, 0.15) is 18.4 Å². The zero-order valence-corrected chi connectivity index (χ0v) is 17.3. The molecule has 0 amide bonds. The van der Waals surface area contributed by atoms with E-state index in [4.69, 9.17) is 23.2 Å². The van der Waals surface area contributed by atoms with Crippen molar-refractivity contribution in [3.8, 4) is 6.07 Å². The van der Waals surface area contributed by atoms with Crippen LogP contribution in [0.4, 0.5) is 11.4 Å². The Morgan fingerprint density at radius 1 is 1.14 bits per heavy atom. The molecule has 2 aromatic heterocycles. The second kappa shape index (κ2) is 7.94. The third-order valence-electron chi connectivity index (χ3n) is 5.32. The van der Waals surface area contributed by atoms with Crippen LogP contribution in [-0.4, -0.2) is 28.7 Å². The van der Waals surface area contributed by atoms with Gasteiger partial charge in [0.25, 0.3) is 5.56 Å². The Kier molecular flexibility index (Phi) is 5.35. The van der Waals surface area contributed by atoms with E-state index in [1.807, 2.05) is 24.3 Å². The first-order chi connectivity index (χ1) is 14.0. The third kappa shape index (κ3) is 3.76. The molecule has 0 saturated carbocycles. The average Bonchev–Trinajstić information content (AvgIpc) is 2.73. The molecule has 0 bridgehead atoms. The molecule has 3 heterocycles. The van der Waals surface area contributed by atoms with E-state index in [-0.39, 0.29) is 11.1 Å². The van der Waals surface area contributed by atoms with Gasteiger partial charge in [-0.15, -0.1) is 0 Å². The lowest BCUT2D eigenvalue weighted by atomic mass is 10.0. The molecule has 6 nitrogen and oxygen atoms in total. The summed E-state index contributed by atoms with van der Waals surface area (Å²) in [5, 5.41) is 14.2. The standard InChI is InChI=1S/C21H19Cl2N5O/c1-27-17-6-7-18(23)26-19(17)20(16(12-24)21(27)29)28-10-8-15(9-11-28)25-14-4-2-13(22)3-5-14/h2-7,15,25H,8-11H2,1H3. The van der Waals surface area contributed by atoms with E-state index in [0.29, 0.717) is 46.0 Å². The van der Waals surface area contributed by atoms with Crippen LogP contribution in [0.5, 0.6) is 0 Å². The molecule has 8 heteroatoms. The summed E-state index contributed by atoms with van der Waals surface area (Å²) in [5.41, 5.74) is 2.64. The predicted molar refractivity (Wildman–Crippen MR) is 117 cm³/mol. The summed E-state index contributed by atoms with van der Waals surface area (Å²) in [6, 6.07) is 13.4. The van der Waals surface area contributed by atoms with E-state index >= 15 is 0 Å². The van der Waals surface area contributed by atoms with Crippen molar-refractivity contribution in [1.82, 2.24) is 9.55 Å². The number of nitrogens with one attached hydrogen (secondary N) is 1. The number of benzene rings is 1. The molecule has 3 aromatic rings. The van der Waals surface area contributed by atoms with Crippen molar-refractivity contribution < 1.29 is 0 Å². The van der Waals surface area contributed by atoms with Crippen LogP contribution in [0.15, 0.2) is 41.2 Å². The van der Waals surface area contributed by atoms with Crippen LogP contribution in [0.3, 0.4) is 0 Å². The number of hydrogen-bond acceptors (Lipinski definition) is 5. The third-order valence-corrected chi connectivity index (χ3v) is 5.78. The lowest BCUT2D eigenvalue weighted by Crippen LogP contribution is -2.40. The predicted octanol–water partition coefficient (Wildman–Crippen LogP) is 4.19. The van der Waals surface area contributed by atoms with Crippen LogP contribution < -0.4 is 15.8 Å². The summed E-state index contributed by atoms with van der Waals surface area (Å²) in [4.78, 5) is 19.2. The molecule has 148 valence electrons. The number of nitriles is 1. The summed E-state index contributed by atoms with van der Waals surface area (Å²) < 4.78 is 1.45. The quantitative estimate of drug-likeness (QED) is 0.634. The molecular formula is C21H19Cl2N5O. The van der Waals surface area contributed by atoms with E-state index in [9.17, 15) is 10.1 Å². The van der Waals surface area contributed by atoms with Gasteiger partial charge in [0.15, 0.2) is 0 Å². The number of fused-ring (bicyclic) bond motifs is 1. The molecule has 0 unspecified atom stereocenters. The Hall–Kier alpha value is -2.75. The molecule has 0 spiro atoms. The van der Waals surface area contributed by atoms with Crippen LogP contribution in [-0.2, 0) is 7.05 Å². The number of rotatable bonds is 3. The fraction of sp³-hybridized carbons (Fsp3) is 0.286. The molecule has 1 aliphatic heterocycles. The molecule has 1 aliphatic rings. The number of aryl methyl sites for hydroxylation is 1. The number of halogens is 2. The Morgan fingerprint density at radius 3 is 2.48 bits per heavy atom. The average molecular weight is 428 g/mol. The summed E-state index contributed by atoms with van der Waals surface area (Å²) >= 11 is 12.1. The molecule has 1 saturated heterocycles. The zero-order valence-electron chi connectivity index (χ0n) is 15.8. The zero-order chi connectivity index (χ0) is 20.5. The highest BCUT2D eigenvalue weighted by Gasteiger charge is 2.26. The molecule has 4 rings (SSSR count). The number of pyridine rings is 2. The molecule has 1 N–H and O–H groups in total. The fourth-order valence-corrected chi connectivity index (χ4v) is 4.08. The molecule has 1 fully saturated rings. The Morgan fingerprint density at radius 2 is 1.83 bits per heavy atom. The van der Waals surface area contributed by atoms with Gasteiger partial charge in [0.1, 0.15) is 22.3 Å². The Labute approximate surface area is 178 Å². The van der Waals surface area contributed by atoms with Crippen LogP contribution in [0, 0.1) is 11.3 Å². The minimum atomic E-state index is -0.319. The van der Waals surface area contributed by atoms with Gasteiger partial charge >= 0.3 is 0 Å². The molecule has 1 aromatic carbocycles. The lowest BCUT2D eigenvalue weighted by molar-refractivity contribution is 0.527. The van der Waals surface area contributed by atoms with Crippen molar-refractivity contribution in [2.45, 2.75) is 18.9 Å². The first-order valence-corrected chi connectivity index (χ1v) is 10.1. The molecule has 29 heavy (non-hydrogen) atoms. The maximum absolute atomic E-state index is 12.7. The Balaban J connectivity index is 1.63. The minimum Gasteiger partial charge on any atom is -0.382 e. The second-order valence-electron chi connectivity index (χ2n) is 7.11. The van der Waals surface area contributed by atoms with Crippen LogP contribution in [0.25, 0.3) is 11.0 Å². The van der Waals surface area contributed by atoms with Crippen LogP contribution in [0.2, 0.25) is 10.2 Å². The molecule has 0 atom stereocenters. The first kappa shape index (κ1) is 19.6. The maximum atomic E-state index is 12.7. The van der Waals surface area contributed by atoms with Crippen molar-refractivity contribution in [3.63, 3.8) is 0 Å². The molecule has 0 radical (unpaired) electrons. The van der Waals surface area contributed by atoms with Crippen molar-refractivity contribution >= 4 is 45.6 Å². The van der Waals surface area contributed by atoms with Gasteiger partial charge in [-0.05, 0) is 49.2 Å². The van der Waals surface area contributed by atoms with E-state index < -0.39 is 0 Å². The number of aromatic nitrogens is 2.